The highest BCUT2D eigenvalue weighted by atomic mass is 16.5. The topological polar surface area (TPSA) is 64.1 Å². The number of methoxy groups -OCH3 is 1. The molecule has 6 heteroatoms. The highest BCUT2D eigenvalue weighted by Gasteiger charge is 2.05. The first-order valence-corrected chi connectivity index (χ1v) is 8.94. The summed E-state index contributed by atoms with van der Waals surface area (Å²) in [7, 11) is 3.46. The van der Waals surface area contributed by atoms with E-state index in [4.69, 9.17) is 14.2 Å². The van der Waals surface area contributed by atoms with Crippen LogP contribution in [0.15, 0.2) is 23.2 Å². The van der Waals surface area contributed by atoms with Gasteiger partial charge in [-0.2, -0.15) is 0 Å². The predicted octanol–water partition coefficient (Wildman–Crippen LogP) is 2.50. The molecule has 0 aliphatic rings. The van der Waals surface area contributed by atoms with Crippen molar-refractivity contribution in [3.05, 3.63) is 29.3 Å². The molecule has 0 bridgehead atoms. The van der Waals surface area contributed by atoms with Crippen LogP contribution in [0.5, 0.6) is 5.75 Å². The van der Waals surface area contributed by atoms with E-state index in [1.54, 1.807) is 14.2 Å². The van der Waals surface area contributed by atoms with E-state index < -0.39 is 0 Å². The third-order valence-corrected chi connectivity index (χ3v) is 3.63. The molecule has 0 amide bonds. The van der Waals surface area contributed by atoms with Crippen LogP contribution in [0.3, 0.4) is 0 Å². The molecule has 0 radical (unpaired) electrons. The van der Waals surface area contributed by atoms with E-state index in [-0.39, 0.29) is 0 Å². The summed E-state index contributed by atoms with van der Waals surface area (Å²) < 4.78 is 16.1. The number of nitrogens with one attached hydrogen (secondary N) is 2. The Morgan fingerprint density at radius 1 is 1.12 bits per heavy atom. The number of ether oxygens (including phenoxy) is 3. The van der Waals surface area contributed by atoms with Crippen LogP contribution in [0.25, 0.3) is 0 Å². The third kappa shape index (κ3) is 9.31. The van der Waals surface area contributed by atoms with Crippen molar-refractivity contribution in [1.82, 2.24) is 10.6 Å². The Hall–Kier alpha value is -1.79. The fraction of sp³-hybridized carbons (Fsp3) is 0.632. The molecule has 0 aliphatic carbocycles. The van der Waals surface area contributed by atoms with Gasteiger partial charge >= 0.3 is 0 Å². The summed E-state index contributed by atoms with van der Waals surface area (Å²) in [6.07, 6.45) is 2.04. The van der Waals surface area contributed by atoms with E-state index in [0.717, 1.165) is 43.3 Å². The zero-order valence-electron chi connectivity index (χ0n) is 16.1. The minimum absolute atomic E-state index is 0.650. The molecule has 142 valence electrons. The minimum atomic E-state index is 0.650. The fourth-order valence-corrected chi connectivity index (χ4v) is 2.28. The van der Waals surface area contributed by atoms with Gasteiger partial charge < -0.3 is 24.8 Å². The van der Waals surface area contributed by atoms with Crippen molar-refractivity contribution in [1.29, 1.82) is 0 Å². The maximum atomic E-state index is 5.71. The maximum Gasteiger partial charge on any atom is 0.191 e. The van der Waals surface area contributed by atoms with Crippen molar-refractivity contribution in [3.8, 4) is 5.75 Å². The average molecular weight is 351 g/mol. The summed E-state index contributed by atoms with van der Waals surface area (Å²) in [5, 5.41) is 6.66. The van der Waals surface area contributed by atoms with E-state index in [9.17, 15) is 0 Å². The lowest BCUT2D eigenvalue weighted by molar-refractivity contribution is 0.0689. The molecular formula is C19H33N3O3. The van der Waals surface area contributed by atoms with Crippen LogP contribution in [-0.4, -0.2) is 53.1 Å². The average Bonchev–Trinajstić information content (AvgIpc) is 2.61. The van der Waals surface area contributed by atoms with Crippen LogP contribution in [-0.2, 0) is 16.0 Å². The normalized spacial score (nSPS) is 11.4. The molecule has 0 saturated carbocycles. The van der Waals surface area contributed by atoms with Crippen LogP contribution in [0.1, 0.15) is 30.9 Å². The number of benzene rings is 1. The van der Waals surface area contributed by atoms with Gasteiger partial charge in [-0.3, -0.25) is 4.99 Å². The molecule has 0 heterocycles. The number of guanidine groups is 1. The monoisotopic (exact) mass is 351 g/mol. The zero-order chi connectivity index (χ0) is 18.3. The van der Waals surface area contributed by atoms with Crippen LogP contribution >= 0.6 is 0 Å². The molecule has 0 saturated heterocycles. The highest BCUT2D eigenvalue weighted by molar-refractivity contribution is 5.79. The molecule has 1 aromatic rings. The number of unbranched alkanes of at least 4 members (excludes halogenated alkanes) is 1. The van der Waals surface area contributed by atoms with Gasteiger partial charge in [0.2, 0.25) is 0 Å². The molecule has 0 unspecified atom stereocenters. The Kier molecular flexibility index (Phi) is 11.5. The number of rotatable bonds is 12. The van der Waals surface area contributed by atoms with Gasteiger partial charge in [0.1, 0.15) is 5.75 Å². The predicted molar refractivity (Wildman–Crippen MR) is 102 cm³/mol. The lowest BCUT2D eigenvalue weighted by Crippen LogP contribution is -2.37. The fourth-order valence-electron chi connectivity index (χ4n) is 2.28. The third-order valence-electron chi connectivity index (χ3n) is 3.63. The van der Waals surface area contributed by atoms with E-state index >= 15 is 0 Å². The molecule has 1 aromatic carbocycles. The van der Waals surface area contributed by atoms with Crippen LogP contribution in [0.4, 0.5) is 0 Å². The van der Waals surface area contributed by atoms with Crippen molar-refractivity contribution in [2.24, 2.45) is 4.99 Å². The van der Waals surface area contributed by atoms with Crippen LogP contribution in [0, 0.1) is 6.92 Å². The standard InChI is InChI=1S/C19H33N3O3/c1-5-25-18-14-16(2)8-9-17(18)15-22-19(20-3)21-10-6-7-11-24-13-12-23-4/h8-9,14H,5-7,10-13,15H2,1-4H3,(H2,20,21,22). The molecule has 0 fully saturated rings. The lowest BCUT2D eigenvalue weighted by atomic mass is 10.1. The van der Waals surface area contributed by atoms with Crippen molar-refractivity contribution in [3.63, 3.8) is 0 Å². The Morgan fingerprint density at radius 3 is 2.68 bits per heavy atom. The van der Waals surface area contributed by atoms with Gasteiger partial charge in [-0.15, -0.1) is 0 Å². The molecule has 0 atom stereocenters. The number of aryl methyl sites for hydroxylation is 1. The Morgan fingerprint density at radius 2 is 1.96 bits per heavy atom. The SMILES string of the molecule is CCOc1cc(C)ccc1CNC(=NC)NCCCCOCCOC. The van der Waals surface area contributed by atoms with Gasteiger partial charge in [0.15, 0.2) is 5.96 Å². The number of aliphatic imine (C=N–C) groups is 1. The van der Waals surface area contributed by atoms with Crippen molar-refractivity contribution < 1.29 is 14.2 Å². The van der Waals surface area contributed by atoms with Gasteiger partial charge in [-0.1, -0.05) is 12.1 Å². The van der Waals surface area contributed by atoms with Gasteiger partial charge in [0.25, 0.3) is 0 Å². The number of hydrogen-bond donors (Lipinski definition) is 2. The summed E-state index contributed by atoms with van der Waals surface area (Å²) >= 11 is 0. The van der Waals surface area contributed by atoms with E-state index in [1.807, 2.05) is 6.92 Å². The first-order valence-electron chi connectivity index (χ1n) is 8.94. The van der Waals surface area contributed by atoms with Gasteiger partial charge in [-0.25, -0.2) is 0 Å². The summed E-state index contributed by atoms with van der Waals surface area (Å²) in [5.74, 6) is 1.72. The minimum Gasteiger partial charge on any atom is -0.494 e. The Bertz CT molecular complexity index is 507. The molecular weight excluding hydrogens is 318 g/mol. The van der Waals surface area contributed by atoms with E-state index in [2.05, 4.69) is 40.7 Å². The summed E-state index contributed by atoms with van der Waals surface area (Å²) in [6, 6.07) is 6.26. The van der Waals surface area contributed by atoms with Crippen molar-refractivity contribution >= 4 is 5.96 Å². The second-order valence-electron chi connectivity index (χ2n) is 5.71. The number of nitrogens with zero attached hydrogens (tertiary/aromatic N) is 1. The first kappa shape index (κ1) is 21.3. The van der Waals surface area contributed by atoms with E-state index in [1.165, 1.54) is 5.56 Å². The molecule has 0 spiro atoms. The Labute approximate surface area is 152 Å². The smallest absolute Gasteiger partial charge is 0.191 e. The molecule has 0 aromatic heterocycles. The van der Waals surface area contributed by atoms with Crippen molar-refractivity contribution in [2.75, 3.05) is 47.1 Å². The molecule has 0 aliphatic heterocycles. The second kappa shape index (κ2) is 13.5. The zero-order valence-corrected chi connectivity index (χ0v) is 16.1. The summed E-state index contributed by atoms with van der Waals surface area (Å²) in [6.45, 7) is 8.34. The van der Waals surface area contributed by atoms with Gasteiger partial charge in [0.05, 0.1) is 19.8 Å². The Balaban J connectivity index is 2.28. The van der Waals surface area contributed by atoms with Crippen LogP contribution in [0.2, 0.25) is 0 Å². The van der Waals surface area contributed by atoms with Gasteiger partial charge in [-0.05, 0) is 38.3 Å². The largest absolute Gasteiger partial charge is 0.494 e. The van der Waals surface area contributed by atoms with Crippen molar-refractivity contribution in [2.45, 2.75) is 33.2 Å². The number of hydrogen-bond acceptors (Lipinski definition) is 4. The van der Waals surface area contributed by atoms with Gasteiger partial charge in [0, 0.05) is 39.4 Å². The lowest BCUT2D eigenvalue weighted by Gasteiger charge is -2.15. The summed E-state index contributed by atoms with van der Waals surface area (Å²) in [5.41, 5.74) is 2.32. The first-order chi connectivity index (χ1) is 12.2. The molecule has 25 heavy (non-hydrogen) atoms. The highest BCUT2D eigenvalue weighted by Crippen LogP contribution is 2.20. The van der Waals surface area contributed by atoms with Crippen LogP contribution < -0.4 is 15.4 Å². The molecule has 2 N–H and O–H groups in total. The molecule has 1 rings (SSSR count). The summed E-state index contributed by atoms with van der Waals surface area (Å²) in [4.78, 5) is 4.26. The maximum absolute atomic E-state index is 5.71. The molecule has 6 nitrogen and oxygen atoms in total. The quantitative estimate of drug-likeness (QED) is 0.344. The van der Waals surface area contributed by atoms with E-state index in [0.29, 0.717) is 26.4 Å². The second-order valence-corrected chi connectivity index (χ2v) is 5.71.